The Labute approximate surface area is 117 Å². The van der Waals surface area contributed by atoms with Crippen LogP contribution in [0.15, 0.2) is 41.6 Å². The van der Waals surface area contributed by atoms with Gasteiger partial charge in [0, 0.05) is 25.5 Å². The zero-order chi connectivity index (χ0) is 14.8. The first-order valence-corrected chi connectivity index (χ1v) is 7.38. The second-order valence-corrected chi connectivity index (χ2v) is 6.15. The zero-order valence-corrected chi connectivity index (χ0v) is 11.7. The van der Waals surface area contributed by atoms with E-state index in [9.17, 15) is 13.5 Å². The molecule has 0 aliphatic heterocycles. The summed E-state index contributed by atoms with van der Waals surface area (Å²) in [6, 6.07) is 6.60. The molecule has 0 saturated carbocycles. The van der Waals surface area contributed by atoms with Crippen LogP contribution in [-0.4, -0.2) is 29.8 Å². The van der Waals surface area contributed by atoms with Crippen molar-refractivity contribution >= 4 is 15.7 Å². The lowest BCUT2D eigenvalue weighted by Gasteiger charge is -2.12. The largest absolute Gasteiger partial charge is 0.399 e. The van der Waals surface area contributed by atoms with E-state index < -0.39 is 16.1 Å². The highest BCUT2D eigenvalue weighted by Crippen LogP contribution is 2.15. The average Bonchev–Trinajstić information content (AvgIpc) is 2.84. The molecule has 0 bridgehead atoms. The molecule has 0 saturated heterocycles. The van der Waals surface area contributed by atoms with Crippen LogP contribution in [0.5, 0.6) is 0 Å². The van der Waals surface area contributed by atoms with Crippen molar-refractivity contribution < 1.29 is 13.5 Å². The summed E-state index contributed by atoms with van der Waals surface area (Å²) in [7, 11) is -2.04. The second kappa shape index (κ2) is 5.61. The number of nitrogens with one attached hydrogen (secondary N) is 1. The molecule has 4 N–H and O–H groups in total. The topological polar surface area (TPSA) is 110 Å². The molecule has 0 aliphatic rings. The van der Waals surface area contributed by atoms with Crippen LogP contribution in [0, 0.1) is 0 Å². The number of nitrogen functional groups attached to an aromatic ring is 1. The number of aromatic nitrogens is 2. The molecular weight excluding hydrogens is 280 g/mol. The predicted octanol–water partition coefficient (Wildman–Crippen LogP) is 0.0142. The molecule has 0 spiro atoms. The van der Waals surface area contributed by atoms with Gasteiger partial charge in [0.15, 0.2) is 0 Å². The number of aryl methyl sites for hydroxylation is 1. The second-order valence-electron chi connectivity index (χ2n) is 4.38. The van der Waals surface area contributed by atoms with Crippen LogP contribution in [0.2, 0.25) is 0 Å². The van der Waals surface area contributed by atoms with Crippen LogP contribution in [0.3, 0.4) is 0 Å². The van der Waals surface area contributed by atoms with Crippen LogP contribution in [-0.2, 0) is 17.1 Å². The number of benzene rings is 1. The molecule has 2 aromatic rings. The maximum absolute atomic E-state index is 11.9. The number of sulfonamides is 1. The molecule has 0 amide bonds. The summed E-state index contributed by atoms with van der Waals surface area (Å²) in [6.07, 6.45) is 1.69. The van der Waals surface area contributed by atoms with Crippen molar-refractivity contribution in [3.05, 3.63) is 42.2 Å². The number of rotatable bonds is 5. The molecule has 8 heteroatoms. The molecule has 1 aromatic heterocycles. The molecule has 1 heterocycles. The summed E-state index contributed by atoms with van der Waals surface area (Å²) in [5, 5.41) is 13.7. The van der Waals surface area contributed by atoms with Gasteiger partial charge in [-0.15, -0.1) is 0 Å². The van der Waals surface area contributed by atoms with E-state index in [1.165, 1.54) is 17.1 Å². The minimum Gasteiger partial charge on any atom is -0.399 e. The van der Waals surface area contributed by atoms with Gasteiger partial charge in [-0.1, -0.05) is 12.1 Å². The summed E-state index contributed by atoms with van der Waals surface area (Å²) in [6.45, 7) is -0.124. The molecular formula is C12H16N4O3S. The van der Waals surface area contributed by atoms with Gasteiger partial charge in [0.1, 0.15) is 4.90 Å². The number of hydrogen-bond donors (Lipinski definition) is 3. The van der Waals surface area contributed by atoms with E-state index in [2.05, 4.69) is 9.82 Å². The van der Waals surface area contributed by atoms with Crippen LogP contribution in [0.1, 0.15) is 11.7 Å². The highest BCUT2D eigenvalue weighted by atomic mass is 32.2. The molecule has 0 radical (unpaired) electrons. The molecule has 0 fully saturated rings. The smallest absolute Gasteiger partial charge is 0.243 e. The van der Waals surface area contributed by atoms with Gasteiger partial charge in [-0.2, -0.15) is 5.10 Å². The monoisotopic (exact) mass is 296 g/mol. The van der Waals surface area contributed by atoms with Gasteiger partial charge in [-0.25, -0.2) is 13.1 Å². The first kappa shape index (κ1) is 14.5. The minimum absolute atomic E-state index is 0.0597. The number of aliphatic hydroxyl groups excluding tert-OH is 1. The number of nitrogens with zero attached hydrogens (tertiary/aromatic N) is 2. The quantitative estimate of drug-likeness (QED) is 0.673. The molecule has 20 heavy (non-hydrogen) atoms. The third-order valence-corrected chi connectivity index (χ3v) is 4.16. The van der Waals surface area contributed by atoms with Crippen molar-refractivity contribution in [2.75, 3.05) is 12.3 Å². The van der Waals surface area contributed by atoms with Crippen LogP contribution in [0.25, 0.3) is 0 Å². The fourth-order valence-electron chi connectivity index (χ4n) is 1.65. The van der Waals surface area contributed by atoms with Crippen LogP contribution < -0.4 is 10.5 Å². The van der Waals surface area contributed by atoms with Crippen LogP contribution >= 0.6 is 0 Å². The lowest BCUT2D eigenvalue weighted by Crippen LogP contribution is -2.28. The molecule has 1 unspecified atom stereocenters. The number of nitrogens with two attached hydrogens (primary N) is 1. The lowest BCUT2D eigenvalue weighted by atomic mass is 10.1. The Morgan fingerprint density at radius 3 is 2.60 bits per heavy atom. The first-order valence-electron chi connectivity index (χ1n) is 5.90. The Morgan fingerprint density at radius 2 is 2.05 bits per heavy atom. The van der Waals surface area contributed by atoms with E-state index >= 15 is 0 Å². The van der Waals surface area contributed by atoms with E-state index in [0.717, 1.165) is 0 Å². The number of hydrogen-bond acceptors (Lipinski definition) is 5. The Balaban J connectivity index is 2.03. The average molecular weight is 296 g/mol. The summed E-state index contributed by atoms with van der Waals surface area (Å²) >= 11 is 0. The fraction of sp³-hybridized carbons (Fsp3) is 0.250. The maximum Gasteiger partial charge on any atom is 0.243 e. The Kier molecular flexibility index (Phi) is 4.07. The van der Waals surface area contributed by atoms with Gasteiger partial charge in [0.25, 0.3) is 0 Å². The standard InChI is InChI=1S/C12H16N4O3S/c1-16-8-11(6-14-16)20(18,19)15-7-12(17)9-2-4-10(13)5-3-9/h2-6,8,12,15,17H,7,13H2,1H3. The Hall–Kier alpha value is -1.90. The van der Waals surface area contributed by atoms with Gasteiger partial charge in [-0.3, -0.25) is 4.68 Å². The van der Waals surface area contributed by atoms with E-state index in [0.29, 0.717) is 11.3 Å². The third kappa shape index (κ3) is 3.35. The lowest BCUT2D eigenvalue weighted by molar-refractivity contribution is 0.182. The van der Waals surface area contributed by atoms with Crippen LogP contribution in [0.4, 0.5) is 5.69 Å². The van der Waals surface area contributed by atoms with E-state index in [1.807, 2.05) is 0 Å². The van der Waals surface area contributed by atoms with Gasteiger partial charge < -0.3 is 10.8 Å². The fourth-order valence-corrected chi connectivity index (χ4v) is 2.67. The van der Waals surface area contributed by atoms with Gasteiger partial charge in [-0.05, 0) is 17.7 Å². The van der Waals surface area contributed by atoms with Gasteiger partial charge in [0.05, 0.1) is 12.3 Å². The SMILES string of the molecule is Cn1cc(S(=O)(=O)NCC(O)c2ccc(N)cc2)cn1. The summed E-state index contributed by atoms with van der Waals surface area (Å²) in [5.41, 5.74) is 6.72. The predicted molar refractivity (Wildman–Crippen MR) is 74.2 cm³/mol. The van der Waals surface area contributed by atoms with E-state index in [4.69, 9.17) is 5.73 Å². The van der Waals surface area contributed by atoms with E-state index in [-0.39, 0.29) is 11.4 Å². The first-order chi connectivity index (χ1) is 9.38. The number of aliphatic hydroxyl groups is 1. The normalized spacial score (nSPS) is 13.3. The van der Waals surface area contributed by atoms with Crippen molar-refractivity contribution in [2.24, 2.45) is 7.05 Å². The van der Waals surface area contributed by atoms with Crippen molar-refractivity contribution in [1.29, 1.82) is 0 Å². The van der Waals surface area contributed by atoms with Crippen molar-refractivity contribution in [1.82, 2.24) is 14.5 Å². The van der Waals surface area contributed by atoms with Gasteiger partial charge >= 0.3 is 0 Å². The molecule has 7 nitrogen and oxygen atoms in total. The molecule has 1 aromatic carbocycles. The summed E-state index contributed by atoms with van der Waals surface area (Å²) in [4.78, 5) is 0.0597. The Morgan fingerprint density at radius 1 is 1.40 bits per heavy atom. The molecule has 2 rings (SSSR count). The summed E-state index contributed by atoms with van der Waals surface area (Å²) in [5.74, 6) is 0. The van der Waals surface area contributed by atoms with Gasteiger partial charge in [0.2, 0.25) is 10.0 Å². The minimum atomic E-state index is -3.67. The molecule has 1 atom stereocenters. The van der Waals surface area contributed by atoms with Crippen molar-refractivity contribution in [2.45, 2.75) is 11.0 Å². The molecule has 0 aliphatic carbocycles. The van der Waals surface area contributed by atoms with Crippen molar-refractivity contribution in [3.63, 3.8) is 0 Å². The Bertz CT molecular complexity index is 679. The molecule has 108 valence electrons. The number of anilines is 1. The van der Waals surface area contributed by atoms with Crippen molar-refractivity contribution in [3.8, 4) is 0 Å². The highest BCUT2D eigenvalue weighted by Gasteiger charge is 2.18. The third-order valence-electron chi connectivity index (χ3n) is 2.78. The maximum atomic E-state index is 11.9. The summed E-state index contributed by atoms with van der Waals surface area (Å²) < 4.78 is 27.6. The zero-order valence-electron chi connectivity index (χ0n) is 10.9. The van der Waals surface area contributed by atoms with E-state index in [1.54, 1.807) is 31.3 Å². The highest BCUT2D eigenvalue weighted by molar-refractivity contribution is 7.89.